The van der Waals surface area contributed by atoms with Crippen LogP contribution in [0, 0.1) is 0 Å². The van der Waals surface area contributed by atoms with E-state index in [9.17, 15) is 4.79 Å². The first-order valence-corrected chi connectivity index (χ1v) is 2.48. The molecule has 0 saturated carbocycles. The Bertz CT molecular complexity index is 222. The van der Waals surface area contributed by atoms with E-state index in [1.165, 1.54) is 12.3 Å². The van der Waals surface area contributed by atoms with Gasteiger partial charge in [-0.05, 0) is 6.07 Å². The summed E-state index contributed by atoms with van der Waals surface area (Å²) in [7, 11) is 0. The SMILES string of the molecule is NNc1ccc(=O)[nH]c1. The molecule has 0 radical (unpaired) electrons. The lowest BCUT2D eigenvalue weighted by atomic mass is 10.4. The summed E-state index contributed by atoms with van der Waals surface area (Å²) in [5, 5.41) is 0. The van der Waals surface area contributed by atoms with Crippen molar-refractivity contribution in [2.45, 2.75) is 0 Å². The Hall–Kier alpha value is -1.29. The van der Waals surface area contributed by atoms with E-state index >= 15 is 0 Å². The van der Waals surface area contributed by atoms with Crippen molar-refractivity contribution in [3.05, 3.63) is 28.7 Å². The molecular formula is C5H7N3O. The highest BCUT2D eigenvalue weighted by Crippen LogP contribution is 1.94. The smallest absolute Gasteiger partial charge is 0.248 e. The Balaban J connectivity index is 3.02. The number of nitrogen functional groups attached to an aromatic ring is 1. The molecule has 4 nitrogen and oxygen atoms in total. The zero-order valence-electron chi connectivity index (χ0n) is 4.72. The van der Waals surface area contributed by atoms with Gasteiger partial charge in [-0.25, -0.2) is 0 Å². The normalized spacial score (nSPS) is 9.00. The minimum Gasteiger partial charge on any atom is -0.327 e. The second-order valence-corrected chi connectivity index (χ2v) is 1.59. The van der Waals surface area contributed by atoms with Crippen molar-refractivity contribution in [2.75, 3.05) is 5.43 Å². The highest BCUT2D eigenvalue weighted by atomic mass is 16.1. The van der Waals surface area contributed by atoms with Gasteiger partial charge in [0.25, 0.3) is 0 Å². The maximum Gasteiger partial charge on any atom is 0.248 e. The number of aromatic nitrogens is 1. The second-order valence-electron chi connectivity index (χ2n) is 1.59. The van der Waals surface area contributed by atoms with Crippen LogP contribution in [0.2, 0.25) is 0 Å². The van der Waals surface area contributed by atoms with Crippen molar-refractivity contribution in [1.29, 1.82) is 0 Å². The summed E-state index contributed by atoms with van der Waals surface area (Å²) in [6.07, 6.45) is 1.50. The van der Waals surface area contributed by atoms with E-state index in [4.69, 9.17) is 5.84 Å². The van der Waals surface area contributed by atoms with Crippen LogP contribution in [0.5, 0.6) is 0 Å². The highest BCUT2D eigenvalue weighted by Gasteiger charge is 1.83. The van der Waals surface area contributed by atoms with Crippen LogP contribution in [0.4, 0.5) is 5.69 Å². The number of pyridine rings is 1. The average molecular weight is 125 g/mol. The van der Waals surface area contributed by atoms with Gasteiger partial charge in [0.2, 0.25) is 5.56 Å². The molecule has 0 spiro atoms. The zero-order chi connectivity index (χ0) is 6.69. The molecule has 4 heteroatoms. The number of rotatable bonds is 1. The van der Waals surface area contributed by atoms with Crippen molar-refractivity contribution >= 4 is 5.69 Å². The fourth-order valence-corrected chi connectivity index (χ4v) is 0.500. The lowest BCUT2D eigenvalue weighted by molar-refractivity contribution is 1.21. The van der Waals surface area contributed by atoms with E-state index in [0.717, 1.165) is 0 Å². The number of aromatic amines is 1. The quantitative estimate of drug-likeness (QED) is 0.355. The molecule has 9 heavy (non-hydrogen) atoms. The monoisotopic (exact) mass is 125 g/mol. The molecule has 0 bridgehead atoms. The van der Waals surface area contributed by atoms with Crippen molar-refractivity contribution < 1.29 is 0 Å². The lowest BCUT2D eigenvalue weighted by Gasteiger charge is -1.94. The van der Waals surface area contributed by atoms with Crippen LogP contribution in [0.25, 0.3) is 0 Å². The summed E-state index contributed by atoms with van der Waals surface area (Å²) in [4.78, 5) is 12.9. The summed E-state index contributed by atoms with van der Waals surface area (Å²) in [5.41, 5.74) is 2.94. The van der Waals surface area contributed by atoms with Crippen molar-refractivity contribution in [1.82, 2.24) is 4.98 Å². The fraction of sp³-hybridized carbons (Fsp3) is 0. The molecule has 0 aromatic carbocycles. The summed E-state index contributed by atoms with van der Waals surface area (Å²) < 4.78 is 0. The summed E-state index contributed by atoms with van der Waals surface area (Å²) in [6, 6.07) is 2.99. The fourth-order valence-electron chi connectivity index (χ4n) is 0.500. The Morgan fingerprint density at radius 2 is 2.33 bits per heavy atom. The molecule has 0 aliphatic carbocycles. The standard InChI is InChI=1S/C5H7N3O/c6-8-4-1-2-5(9)7-3-4/h1-3,8H,6H2,(H,7,9). The lowest BCUT2D eigenvalue weighted by Crippen LogP contribution is -2.09. The van der Waals surface area contributed by atoms with Crippen molar-refractivity contribution in [3.8, 4) is 0 Å². The van der Waals surface area contributed by atoms with Crippen LogP contribution < -0.4 is 16.8 Å². The largest absolute Gasteiger partial charge is 0.327 e. The number of anilines is 1. The number of hydrogen-bond donors (Lipinski definition) is 3. The van der Waals surface area contributed by atoms with Gasteiger partial charge in [0, 0.05) is 12.3 Å². The predicted octanol–water partition coefficient (Wildman–Crippen LogP) is -0.340. The third-order valence-corrected chi connectivity index (χ3v) is 0.951. The molecule has 0 aliphatic rings. The molecule has 0 amide bonds. The van der Waals surface area contributed by atoms with E-state index in [1.54, 1.807) is 6.07 Å². The van der Waals surface area contributed by atoms with E-state index < -0.39 is 0 Å². The van der Waals surface area contributed by atoms with Gasteiger partial charge in [0.1, 0.15) is 0 Å². The van der Waals surface area contributed by atoms with Crippen LogP contribution in [0.1, 0.15) is 0 Å². The third-order valence-electron chi connectivity index (χ3n) is 0.951. The molecule has 0 atom stereocenters. The topological polar surface area (TPSA) is 70.9 Å². The van der Waals surface area contributed by atoms with Gasteiger partial charge in [0.15, 0.2) is 0 Å². The van der Waals surface area contributed by atoms with Crippen LogP contribution in [0.3, 0.4) is 0 Å². The molecule has 1 rings (SSSR count). The van der Waals surface area contributed by atoms with E-state index in [2.05, 4.69) is 10.4 Å². The Morgan fingerprint density at radius 1 is 1.56 bits per heavy atom. The number of nitrogens with two attached hydrogens (primary N) is 1. The van der Waals surface area contributed by atoms with E-state index in [-0.39, 0.29) is 5.56 Å². The molecule has 1 heterocycles. The van der Waals surface area contributed by atoms with Gasteiger partial charge >= 0.3 is 0 Å². The van der Waals surface area contributed by atoms with E-state index in [1.807, 2.05) is 0 Å². The first kappa shape index (κ1) is 5.84. The number of nitrogens with one attached hydrogen (secondary N) is 2. The van der Waals surface area contributed by atoms with Crippen LogP contribution in [-0.4, -0.2) is 4.98 Å². The number of H-pyrrole nitrogens is 1. The highest BCUT2D eigenvalue weighted by molar-refractivity contribution is 5.37. The third kappa shape index (κ3) is 1.30. The predicted molar refractivity (Wildman–Crippen MR) is 34.9 cm³/mol. The van der Waals surface area contributed by atoms with Crippen molar-refractivity contribution in [2.24, 2.45) is 5.84 Å². The summed E-state index contributed by atoms with van der Waals surface area (Å²) in [6.45, 7) is 0. The number of hydrazine groups is 1. The molecule has 1 aromatic heterocycles. The maximum absolute atomic E-state index is 10.4. The first-order chi connectivity index (χ1) is 4.33. The van der Waals surface area contributed by atoms with Crippen molar-refractivity contribution in [3.63, 3.8) is 0 Å². The minimum absolute atomic E-state index is 0.131. The summed E-state index contributed by atoms with van der Waals surface area (Å²) >= 11 is 0. The molecule has 0 aliphatic heterocycles. The minimum atomic E-state index is -0.131. The van der Waals surface area contributed by atoms with Gasteiger partial charge < -0.3 is 10.4 Å². The zero-order valence-corrected chi connectivity index (χ0v) is 4.72. The van der Waals surface area contributed by atoms with E-state index in [0.29, 0.717) is 5.69 Å². The molecule has 0 fully saturated rings. The molecule has 4 N–H and O–H groups in total. The van der Waals surface area contributed by atoms with Crippen LogP contribution in [-0.2, 0) is 0 Å². The molecule has 0 saturated heterocycles. The van der Waals surface area contributed by atoms with Gasteiger partial charge in [-0.15, -0.1) is 0 Å². The van der Waals surface area contributed by atoms with Gasteiger partial charge in [-0.2, -0.15) is 0 Å². The Kier molecular flexibility index (Phi) is 1.51. The van der Waals surface area contributed by atoms with Crippen LogP contribution >= 0.6 is 0 Å². The second kappa shape index (κ2) is 2.32. The van der Waals surface area contributed by atoms with Gasteiger partial charge in [-0.1, -0.05) is 0 Å². The molecular weight excluding hydrogens is 118 g/mol. The maximum atomic E-state index is 10.4. The molecule has 0 unspecified atom stereocenters. The Labute approximate surface area is 51.7 Å². The van der Waals surface area contributed by atoms with Crippen LogP contribution in [0.15, 0.2) is 23.1 Å². The average Bonchev–Trinajstić information content (AvgIpc) is 1.90. The number of hydrogen-bond acceptors (Lipinski definition) is 3. The molecule has 48 valence electrons. The first-order valence-electron chi connectivity index (χ1n) is 2.48. The summed E-state index contributed by atoms with van der Waals surface area (Å²) in [5.74, 6) is 5.03. The Morgan fingerprint density at radius 3 is 2.78 bits per heavy atom. The van der Waals surface area contributed by atoms with Gasteiger partial charge in [0.05, 0.1) is 5.69 Å². The van der Waals surface area contributed by atoms with Gasteiger partial charge in [-0.3, -0.25) is 10.6 Å². The molecule has 1 aromatic rings.